The number of amides is 2. The Labute approximate surface area is 125 Å². The van der Waals surface area contributed by atoms with Gasteiger partial charge in [-0.3, -0.25) is 9.59 Å². The minimum absolute atomic E-state index is 0.0457. The molecule has 5 nitrogen and oxygen atoms in total. The highest BCUT2D eigenvalue weighted by Gasteiger charge is 2.20. The Morgan fingerprint density at radius 1 is 1.43 bits per heavy atom. The Hall–Kier alpha value is -1.88. The van der Waals surface area contributed by atoms with Gasteiger partial charge in [0.2, 0.25) is 11.8 Å². The van der Waals surface area contributed by atoms with Gasteiger partial charge in [0.1, 0.15) is 0 Å². The maximum atomic E-state index is 12.1. The number of nitrogens with two attached hydrogens (primary N) is 1. The largest absolute Gasteiger partial charge is 0.326 e. The summed E-state index contributed by atoms with van der Waals surface area (Å²) in [7, 11) is 0. The van der Waals surface area contributed by atoms with Gasteiger partial charge in [-0.05, 0) is 42.5 Å². The Balaban J connectivity index is 2.10. The van der Waals surface area contributed by atoms with Crippen molar-refractivity contribution < 1.29 is 9.59 Å². The van der Waals surface area contributed by atoms with Crippen molar-refractivity contribution in [2.45, 2.75) is 45.6 Å². The summed E-state index contributed by atoms with van der Waals surface area (Å²) < 4.78 is 0. The molecule has 0 saturated heterocycles. The van der Waals surface area contributed by atoms with Crippen molar-refractivity contribution in [3.8, 4) is 0 Å². The van der Waals surface area contributed by atoms with Crippen molar-refractivity contribution in [2.24, 2.45) is 11.7 Å². The molecule has 2 amide bonds. The van der Waals surface area contributed by atoms with Crippen LogP contribution in [0.15, 0.2) is 18.2 Å². The smallest absolute Gasteiger partial charge is 0.241 e. The zero-order valence-corrected chi connectivity index (χ0v) is 12.6. The molecule has 0 radical (unpaired) electrons. The lowest BCUT2D eigenvalue weighted by Crippen LogP contribution is -2.40. The van der Waals surface area contributed by atoms with E-state index in [1.807, 2.05) is 26.0 Å². The molecule has 0 saturated carbocycles. The van der Waals surface area contributed by atoms with E-state index < -0.39 is 6.04 Å². The molecule has 0 aromatic heterocycles. The second-order valence-corrected chi connectivity index (χ2v) is 5.67. The van der Waals surface area contributed by atoms with E-state index in [-0.39, 0.29) is 17.7 Å². The quantitative estimate of drug-likeness (QED) is 0.795. The molecular formula is C16H23N3O2. The number of carbonyl (C=O) groups is 2. The molecular weight excluding hydrogens is 266 g/mol. The number of aryl methyl sites for hydroxylation is 1. The van der Waals surface area contributed by atoms with E-state index in [9.17, 15) is 9.59 Å². The van der Waals surface area contributed by atoms with Crippen molar-refractivity contribution in [1.82, 2.24) is 0 Å². The molecule has 2 rings (SSSR count). The van der Waals surface area contributed by atoms with Gasteiger partial charge in [0, 0.05) is 17.8 Å². The third-order valence-corrected chi connectivity index (χ3v) is 4.06. The molecule has 0 fully saturated rings. The number of benzene rings is 1. The van der Waals surface area contributed by atoms with Gasteiger partial charge in [-0.25, -0.2) is 0 Å². The molecule has 114 valence electrons. The molecule has 1 heterocycles. The number of carbonyl (C=O) groups excluding carboxylic acids is 2. The van der Waals surface area contributed by atoms with Gasteiger partial charge in [0.25, 0.3) is 0 Å². The maximum Gasteiger partial charge on any atom is 0.241 e. The number of nitrogens with one attached hydrogen (secondary N) is 2. The Morgan fingerprint density at radius 3 is 2.90 bits per heavy atom. The van der Waals surface area contributed by atoms with Crippen LogP contribution in [0.25, 0.3) is 0 Å². The monoisotopic (exact) mass is 289 g/mol. The van der Waals surface area contributed by atoms with E-state index in [0.29, 0.717) is 6.42 Å². The normalized spacial score (nSPS) is 17.2. The minimum Gasteiger partial charge on any atom is -0.326 e. The summed E-state index contributed by atoms with van der Waals surface area (Å²) in [5.41, 5.74) is 8.55. The van der Waals surface area contributed by atoms with Crippen LogP contribution in [0.2, 0.25) is 0 Å². The van der Waals surface area contributed by atoms with Crippen LogP contribution in [0.1, 0.15) is 38.7 Å². The van der Waals surface area contributed by atoms with Crippen molar-refractivity contribution in [1.29, 1.82) is 0 Å². The van der Waals surface area contributed by atoms with Crippen molar-refractivity contribution in [3.63, 3.8) is 0 Å². The van der Waals surface area contributed by atoms with Crippen LogP contribution in [0, 0.1) is 5.92 Å². The van der Waals surface area contributed by atoms with Gasteiger partial charge >= 0.3 is 0 Å². The van der Waals surface area contributed by atoms with Gasteiger partial charge < -0.3 is 16.4 Å². The summed E-state index contributed by atoms with van der Waals surface area (Å²) in [6, 6.07) is 5.05. The van der Waals surface area contributed by atoms with Crippen LogP contribution in [-0.4, -0.2) is 17.9 Å². The molecule has 0 bridgehead atoms. The lowest BCUT2D eigenvalue weighted by atomic mass is 9.99. The maximum absolute atomic E-state index is 12.1. The average Bonchev–Trinajstić information content (AvgIpc) is 2.65. The molecule has 21 heavy (non-hydrogen) atoms. The highest BCUT2D eigenvalue weighted by molar-refractivity contribution is 5.96. The van der Waals surface area contributed by atoms with E-state index in [4.69, 9.17) is 5.73 Å². The molecule has 0 aliphatic carbocycles. The highest BCUT2D eigenvalue weighted by atomic mass is 16.2. The fraction of sp³-hybridized carbons (Fsp3) is 0.500. The zero-order valence-electron chi connectivity index (χ0n) is 12.6. The fourth-order valence-electron chi connectivity index (χ4n) is 2.39. The van der Waals surface area contributed by atoms with E-state index in [2.05, 4.69) is 10.6 Å². The topological polar surface area (TPSA) is 84.2 Å². The molecule has 1 aliphatic heterocycles. The number of hydrogen-bond donors (Lipinski definition) is 3. The van der Waals surface area contributed by atoms with Crippen molar-refractivity contribution >= 4 is 23.2 Å². The molecule has 2 unspecified atom stereocenters. The summed E-state index contributed by atoms with van der Waals surface area (Å²) in [6.45, 7) is 3.99. The van der Waals surface area contributed by atoms with Crippen LogP contribution in [0.3, 0.4) is 0 Å². The number of fused-ring (bicyclic) bond motifs is 1. The SMILES string of the molecule is CCC(C)C(N)C(=O)Nc1ccc2c(c1)CCCC(=O)N2. The Morgan fingerprint density at radius 2 is 2.19 bits per heavy atom. The Bertz CT molecular complexity index is 542. The van der Waals surface area contributed by atoms with Crippen LogP contribution >= 0.6 is 0 Å². The van der Waals surface area contributed by atoms with Crippen LogP contribution in [0.5, 0.6) is 0 Å². The minimum atomic E-state index is -0.506. The molecule has 1 aliphatic rings. The fourth-order valence-corrected chi connectivity index (χ4v) is 2.39. The standard InChI is InChI=1S/C16H23N3O2/c1-3-10(2)15(17)16(21)18-12-7-8-13-11(9-12)5-4-6-14(20)19-13/h7-10,15H,3-6,17H2,1-2H3,(H,18,21)(H,19,20). The first-order valence-electron chi connectivity index (χ1n) is 7.50. The third kappa shape index (κ3) is 3.82. The molecule has 2 atom stereocenters. The lowest BCUT2D eigenvalue weighted by molar-refractivity contribution is -0.118. The first kappa shape index (κ1) is 15.5. The van der Waals surface area contributed by atoms with E-state index in [1.165, 1.54) is 0 Å². The zero-order chi connectivity index (χ0) is 15.4. The highest BCUT2D eigenvalue weighted by Crippen LogP contribution is 2.25. The van der Waals surface area contributed by atoms with E-state index >= 15 is 0 Å². The second kappa shape index (κ2) is 6.72. The first-order chi connectivity index (χ1) is 10.0. The molecule has 5 heteroatoms. The molecule has 4 N–H and O–H groups in total. The second-order valence-electron chi connectivity index (χ2n) is 5.67. The number of hydrogen-bond acceptors (Lipinski definition) is 3. The molecule has 0 spiro atoms. The van der Waals surface area contributed by atoms with Gasteiger partial charge in [0.15, 0.2) is 0 Å². The average molecular weight is 289 g/mol. The van der Waals surface area contributed by atoms with Gasteiger partial charge in [-0.2, -0.15) is 0 Å². The van der Waals surface area contributed by atoms with Gasteiger partial charge in [-0.1, -0.05) is 20.3 Å². The summed E-state index contributed by atoms with van der Waals surface area (Å²) >= 11 is 0. The number of rotatable bonds is 4. The van der Waals surface area contributed by atoms with Gasteiger partial charge in [0.05, 0.1) is 6.04 Å². The summed E-state index contributed by atoms with van der Waals surface area (Å²) in [5.74, 6) is 0.0244. The molecule has 1 aromatic rings. The Kier molecular flexibility index (Phi) is 4.96. The third-order valence-electron chi connectivity index (χ3n) is 4.06. The van der Waals surface area contributed by atoms with Crippen LogP contribution < -0.4 is 16.4 Å². The predicted octanol–water partition coefficient (Wildman–Crippen LogP) is 2.27. The van der Waals surface area contributed by atoms with E-state index in [1.54, 1.807) is 6.07 Å². The summed E-state index contributed by atoms with van der Waals surface area (Å²) in [5, 5.41) is 5.74. The summed E-state index contributed by atoms with van der Waals surface area (Å²) in [4.78, 5) is 23.6. The van der Waals surface area contributed by atoms with Gasteiger partial charge in [-0.15, -0.1) is 0 Å². The lowest BCUT2D eigenvalue weighted by Gasteiger charge is -2.18. The van der Waals surface area contributed by atoms with Crippen LogP contribution in [0.4, 0.5) is 11.4 Å². The van der Waals surface area contributed by atoms with Crippen molar-refractivity contribution in [2.75, 3.05) is 10.6 Å². The predicted molar refractivity (Wildman–Crippen MR) is 84.1 cm³/mol. The van der Waals surface area contributed by atoms with E-state index in [0.717, 1.165) is 36.2 Å². The van der Waals surface area contributed by atoms with Crippen molar-refractivity contribution in [3.05, 3.63) is 23.8 Å². The first-order valence-corrected chi connectivity index (χ1v) is 7.50. The number of anilines is 2. The van der Waals surface area contributed by atoms with Crippen LogP contribution in [-0.2, 0) is 16.0 Å². The summed E-state index contributed by atoms with van der Waals surface area (Å²) in [6.07, 6.45) is 3.05. The molecule has 1 aromatic carbocycles.